The van der Waals surface area contributed by atoms with E-state index in [0.29, 0.717) is 0 Å². The monoisotopic (exact) mass is 216 g/mol. The predicted octanol–water partition coefficient (Wildman–Crippen LogP) is 2.36. The molecule has 0 atom stereocenters. The van der Waals surface area contributed by atoms with Crippen LogP contribution in [0.25, 0.3) is 0 Å². The van der Waals surface area contributed by atoms with Crippen molar-refractivity contribution < 1.29 is 19.4 Å². The highest BCUT2D eigenvalue weighted by Crippen LogP contribution is 2.10. The summed E-state index contributed by atoms with van der Waals surface area (Å²) in [6, 6.07) is 0. The van der Waals surface area contributed by atoms with Crippen molar-refractivity contribution in [2.24, 2.45) is 0 Å². The molecule has 0 bridgehead atoms. The summed E-state index contributed by atoms with van der Waals surface area (Å²) in [5.74, 6) is -1.36. The average Bonchev–Trinajstić information content (AvgIpc) is 2.15. The fourth-order valence-corrected chi connectivity index (χ4v) is 1.36. The third kappa shape index (κ3) is 7.97. The number of carboxylic acids is 1. The van der Waals surface area contributed by atoms with E-state index in [2.05, 4.69) is 0 Å². The van der Waals surface area contributed by atoms with Gasteiger partial charge < -0.3 is 9.84 Å². The smallest absolute Gasteiger partial charge is 0.306 e. The topological polar surface area (TPSA) is 63.6 Å². The van der Waals surface area contributed by atoms with Crippen molar-refractivity contribution in [1.82, 2.24) is 0 Å². The van der Waals surface area contributed by atoms with Gasteiger partial charge in [0.1, 0.15) is 6.10 Å². The van der Waals surface area contributed by atoms with Gasteiger partial charge >= 0.3 is 11.9 Å². The van der Waals surface area contributed by atoms with Crippen molar-refractivity contribution >= 4 is 11.9 Å². The van der Waals surface area contributed by atoms with Crippen LogP contribution in [0.4, 0.5) is 0 Å². The fraction of sp³-hybridized carbons (Fsp3) is 0.818. The van der Waals surface area contributed by atoms with E-state index in [1.807, 2.05) is 13.8 Å². The first-order valence-electron chi connectivity index (χ1n) is 5.51. The molecule has 0 unspecified atom stereocenters. The Kier molecular flexibility index (Phi) is 7.68. The Balaban J connectivity index is 3.82. The van der Waals surface area contributed by atoms with Crippen LogP contribution in [-0.2, 0) is 14.3 Å². The highest BCUT2D eigenvalue weighted by atomic mass is 16.5. The van der Waals surface area contributed by atoms with Gasteiger partial charge in [-0.1, -0.05) is 26.7 Å². The average molecular weight is 216 g/mol. The number of hydrogen-bond acceptors (Lipinski definition) is 3. The first-order valence-corrected chi connectivity index (χ1v) is 5.51. The second-order valence-corrected chi connectivity index (χ2v) is 3.58. The molecule has 0 radical (unpaired) electrons. The maximum absolute atomic E-state index is 11.2. The van der Waals surface area contributed by atoms with Crippen LogP contribution in [-0.4, -0.2) is 23.1 Å². The molecule has 88 valence electrons. The van der Waals surface area contributed by atoms with Gasteiger partial charge in [0, 0.05) is 0 Å². The van der Waals surface area contributed by atoms with Crippen molar-refractivity contribution in [2.75, 3.05) is 0 Å². The SMILES string of the molecule is CCCC(CCC)OC(=O)CCC(=O)O. The lowest BCUT2D eigenvalue weighted by atomic mass is 10.1. The van der Waals surface area contributed by atoms with Gasteiger partial charge in [-0.3, -0.25) is 9.59 Å². The summed E-state index contributed by atoms with van der Waals surface area (Å²) in [6.07, 6.45) is 3.43. The molecule has 15 heavy (non-hydrogen) atoms. The molecule has 0 aromatic rings. The van der Waals surface area contributed by atoms with Crippen molar-refractivity contribution in [3.8, 4) is 0 Å². The molecule has 0 aromatic carbocycles. The van der Waals surface area contributed by atoms with Gasteiger partial charge in [-0.15, -0.1) is 0 Å². The molecule has 4 heteroatoms. The van der Waals surface area contributed by atoms with Crippen molar-refractivity contribution in [1.29, 1.82) is 0 Å². The Morgan fingerprint density at radius 2 is 1.67 bits per heavy atom. The van der Waals surface area contributed by atoms with E-state index in [1.165, 1.54) is 0 Å². The first kappa shape index (κ1) is 13.9. The van der Waals surface area contributed by atoms with E-state index in [-0.39, 0.29) is 18.9 Å². The van der Waals surface area contributed by atoms with Gasteiger partial charge in [0.25, 0.3) is 0 Å². The Morgan fingerprint density at radius 1 is 1.13 bits per heavy atom. The first-order chi connectivity index (χ1) is 7.10. The van der Waals surface area contributed by atoms with E-state index < -0.39 is 11.9 Å². The Morgan fingerprint density at radius 3 is 2.07 bits per heavy atom. The molecule has 0 aliphatic rings. The number of carboxylic acid groups (broad SMARTS) is 1. The summed E-state index contributed by atoms with van der Waals surface area (Å²) < 4.78 is 5.18. The minimum Gasteiger partial charge on any atom is -0.481 e. The number of rotatable bonds is 8. The lowest BCUT2D eigenvalue weighted by molar-refractivity contribution is -0.152. The lowest BCUT2D eigenvalue weighted by Crippen LogP contribution is -2.18. The Bertz CT molecular complexity index is 195. The molecular formula is C11H20O4. The molecule has 0 saturated carbocycles. The van der Waals surface area contributed by atoms with Gasteiger partial charge in [0.15, 0.2) is 0 Å². The molecule has 0 aliphatic carbocycles. The zero-order valence-corrected chi connectivity index (χ0v) is 9.49. The number of carbonyl (C=O) groups excluding carboxylic acids is 1. The lowest BCUT2D eigenvalue weighted by Gasteiger charge is -2.16. The largest absolute Gasteiger partial charge is 0.481 e. The Labute approximate surface area is 90.6 Å². The molecule has 0 fully saturated rings. The number of ether oxygens (including phenoxy) is 1. The van der Waals surface area contributed by atoms with Crippen LogP contribution in [0.2, 0.25) is 0 Å². The van der Waals surface area contributed by atoms with E-state index >= 15 is 0 Å². The second-order valence-electron chi connectivity index (χ2n) is 3.58. The molecule has 0 amide bonds. The van der Waals surface area contributed by atoms with Gasteiger partial charge in [-0.25, -0.2) is 0 Å². The maximum atomic E-state index is 11.2. The predicted molar refractivity (Wildman–Crippen MR) is 56.6 cm³/mol. The van der Waals surface area contributed by atoms with E-state index in [9.17, 15) is 9.59 Å². The minimum atomic E-state index is -0.963. The van der Waals surface area contributed by atoms with Crippen molar-refractivity contribution in [3.63, 3.8) is 0 Å². The quantitative estimate of drug-likeness (QED) is 0.632. The zero-order valence-electron chi connectivity index (χ0n) is 9.49. The molecule has 0 rings (SSSR count). The summed E-state index contributed by atoms with van der Waals surface area (Å²) >= 11 is 0. The number of esters is 1. The van der Waals surface area contributed by atoms with Crippen LogP contribution in [0.5, 0.6) is 0 Å². The van der Waals surface area contributed by atoms with E-state index in [4.69, 9.17) is 9.84 Å². The summed E-state index contributed by atoms with van der Waals surface area (Å²) in [7, 11) is 0. The maximum Gasteiger partial charge on any atom is 0.306 e. The molecule has 0 aromatic heterocycles. The van der Waals surface area contributed by atoms with Crippen LogP contribution in [0.3, 0.4) is 0 Å². The molecule has 4 nitrogen and oxygen atoms in total. The number of aliphatic carboxylic acids is 1. The highest BCUT2D eigenvalue weighted by Gasteiger charge is 2.13. The molecule has 0 spiro atoms. The van der Waals surface area contributed by atoms with Gasteiger partial charge in [-0.05, 0) is 12.8 Å². The fourth-order valence-electron chi connectivity index (χ4n) is 1.36. The molecule has 0 aliphatic heterocycles. The summed E-state index contributed by atoms with van der Waals surface area (Å²) in [6.45, 7) is 4.07. The third-order valence-electron chi connectivity index (χ3n) is 2.06. The van der Waals surface area contributed by atoms with Gasteiger partial charge in [-0.2, -0.15) is 0 Å². The van der Waals surface area contributed by atoms with Gasteiger partial charge in [0.2, 0.25) is 0 Å². The summed E-state index contributed by atoms with van der Waals surface area (Å²) in [5.41, 5.74) is 0. The summed E-state index contributed by atoms with van der Waals surface area (Å²) in [5, 5.41) is 8.40. The van der Waals surface area contributed by atoms with Crippen molar-refractivity contribution in [3.05, 3.63) is 0 Å². The number of hydrogen-bond donors (Lipinski definition) is 1. The van der Waals surface area contributed by atoms with Crippen LogP contribution in [0, 0.1) is 0 Å². The van der Waals surface area contributed by atoms with Crippen LogP contribution >= 0.6 is 0 Å². The Hall–Kier alpha value is -1.06. The van der Waals surface area contributed by atoms with E-state index in [0.717, 1.165) is 25.7 Å². The van der Waals surface area contributed by atoms with Gasteiger partial charge in [0.05, 0.1) is 12.8 Å². The number of carbonyl (C=O) groups is 2. The third-order valence-corrected chi connectivity index (χ3v) is 2.06. The van der Waals surface area contributed by atoms with E-state index in [1.54, 1.807) is 0 Å². The highest BCUT2D eigenvalue weighted by molar-refractivity contribution is 5.76. The summed E-state index contributed by atoms with van der Waals surface area (Å²) in [4.78, 5) is 21.5. The van der Waals surface area contributed by atoms with Crippen molar-refractivity contribution in [2.45, 2.75) is 58.5 Å². The molecule has 1 N–H and O–H groups in total. The molecule has 0 heterocycles. The van der Waals surface area contributed by atoms with Crippen LogP contribution < -0.4 is 0 Å². The molecular weight excluding hydrogens is 196 g/mol. The normalized spacial score (nSPS) is 10.3. The minimum absolute atomic E-state index is 0.0285. The molecule has 0 saturated heterocycles. The zero-order chi connectivity index (χ0) is 11.7. The second kappa shape index (κ2) is 8.26. The standard InChI is InChI=1S/C11H20O4/c1-3-5-9(6-4-2)15-11(14)8-7-10(12)13/h9H,3-8H2,1-2H3,(H,12,13). The van der Waals surface area contributed by atoms with Crippen LogP contribution in [0.15, 0.2) is 0 Å². The van der Waals surface area contributed by atoms with Crippen LogP contribution in [0.1, 0.15) is 52.4 Å².